The molecule has 196 valence electrons. The van der Waals surface area contributed by atoms with Gasteiger partial charge in [-0.15, -0.1) is 0 Å². The predicted octanol–water partition coefficient (Wildman–Crippen LogP) is 9.39. The highest BCUT2D eigenvalue weighted by Crippen LogP contribution is 2.16. The van der Waals surface area contributed by atoms with Crippen LogP contribution in [0.2, 0.25) is 0 Å². The summed E-state index contributed by atoms with van der Waals surface area (Å²) in [5, 5.41) is 8.60. The van der Waals surface area contributed by atoms with E-state index >= 15 is 0 Å². The third-order valence-electron chi connectivity index (χ3n) is 6.75. The van der Waals surface area contributed by atoms with Crippen LogP contribution in [0.3, 0.4) is 0 Å². The highest BCUT2D eigenvalue weighted by atomic mass is 16.5. The van der Waals surface area contributed by atoms with Gasteiger partial charge in [-0.25, -0.2) is 0 Å². The first-order chi connectivity index (χ1) is 16.2. The molecule has 4 nitrogen and oxygen atoms in total. The zero-order chi connectivity index (χ0) is 24.2. The summed E-state index contributed by atoms with van der Waals surface area (Å²) in [7, 11) is 1.47. The Kier molecular flexibility index (Phi) is 26.3. The highest BCUT2D eigenvalue weighted by Gasteiger charge is 2.00. The van der Waals surface area contributed by atoms with E-state index in [9.17, 15) is 9.59 Å². The maximum absolute atomic E-state index is 11.0. The monoisotopic (exact) mass is 468 g/mol. The second-order valence-electron chi connectivity index (χ2n) is 9.96. The van der Waals surface area contributed by atoms with Crippen LogP contribution in [0, 0.1) is 0 Å². The van der Waals surface area contributed by atoms with Gasteiger partial charge in [0.1, 0.15) is 0 Å². The van der Waals surface area contributed by atoms with Crippen molar-refractivity contribution >= 4 is 11.9 Å². The Morgan fingerprint density at radius 2 is 0.636 bits per heavy atom. The van der Waals surface area contributed by atoms with Gasteiger partial charge >= 0.3 is 11.9 Å². The molecule has 0 aliphatic rings. The molecule has 0 saturated carbocycles. The fourth-order valence-corrected chi connectivity index (χ4v) is 4.54. The van der Waals surface area contributed by atoms with E-state index in [1.807, 2.05) is 0 Å². The van der Waals surface area contributed by atoms with Crippen molar-refractivity contribution in [2.45, 2.75) is 167 Å². The molecule has 4 heteroatoms. The molecule has 0 spiro atoms. The Morgan fingerprint density at radius 1 is 0.424 bits per heavy atom. The SMILES string of the molecule is COC(=O)CCCCCCCCCCCCCCCCCCCCCCCCCCC(=O)O. The van der Waals surface area contributed by atoms with Crippen molar-refractivity contribution in [3.8, 4) is 0 Å². The summed E-state index contributed by atoms with van der Waals surface area (Å²) in [5.74, 6) is -0.730. The number of esters is 1. The van der Waals surface area contributed by atoms with Crippen molar-refractivity contribution in [3.63, 3.8) is 0 Å². The summed E-state index contributed by atoms with van der Waals surface area (Å²) in [6, 6.07) is 0. The average molecular weight is 469 g/mol. The fourth-order valence-electron chi connectivity index (χ4n) is 4.54. The third kappa shape index (κ3) is 28.9. The molecule has 0 heterocycles. The number of carbonyl (C=O) groups is 2. The molecule has 0 unspecified atom stereocenters. The number of hydrogen-bond acceptors (Lipinski definition) is 3. The van der Waals surface area contributed by atoms with Crippen molar-refractivity contribution in [1.29, 1.82) is 0 Å². The number of aliphatic carboxylic acids is 1. The Bertz CT molecular complexity index is 422. The van der Waals surface area contributed by atoms with E-state index in [1.165, 1.54) is 136 Å². The molecule has 0 aromatic carbocycles. The van der Waals surface area contributed by atoms with Crippen LogP contribution in [0.25, 0.3) is 0 Å². The molecule has 0 fully saturated rings. The summed E-state index contributed by atoms with van der Waals surface area (Å²) in [6.07, 6.45) is 32.4. The van der Waals surface area contributed by atoms with Crippen LogP contribution in [0.5, 0.6) is 0 Å². The van der Waals surface area contributed by atoms with Gasteiger partial charge in [-0.2, -0.15) is 0 Å². The Morgan fingerprint density at radius 3 is 0.848 bits per heavy atom. The van der Waals surface area contributed by atoms with E-state index < -0.39 is 5.97 Å². The van der Waals surface area contributed by atoms with Crippen LogP contribution in [0.15, 0.2) is 0 Å². The lowest BCUT2D eigenvalue weighted by Gasteiger charge is -2.04. The van der Waals surface area contributed by atoms with Crippen molar-refractivity contribution in [1.82, 2.24) is 0 Å². The first-order valence-electron chi connectivity index (χ1n) is 14.5. The maximum atomic E-state index is 11.0. The molecule has 33 heavy (non-hydrogen) atoms. The maximum Gasteiger partial charge on any atom is 0.305 e. The van der Waals surface area contributed by atoms with Crippen LogP contribution < -0.4 is 0 Å². The molecule has 0 aliphatic heterocycles. The summed E-state index contributed by atoms with van der Waals surface area (Å²) < 4.78 is 4.66. The predicted molar refractivity (Wildman–Crippen MR) is 140 cm³/mol. The molecule has 0 rings (SSSR count). The lowest BCUT2D eigenvalue weighted by molar-refractivity contribution is -0.141. The molecule has 0 bridgehead atoms. The minimum atomic E-state index is -0.657. The molecular weight excluding hydrogens is 412 g/mol. The molecule has 0 aromatic heterocycles. The lowest BCUT2D eigenvalue weighted by Crippen LogP contribution is -1.99. The molecule has 0 saturated heterocycles. The average Bonchev–Trinajstić information content (AvgIpc) is 2.80. The zero-order valence-electron chi connectivity index (χ0n) is 22.1. The summed E-state index contributed by atoms with van der Waals surface area (Å²) in [5.41, 5.74) is 0. The third-order valence-corrected chi connectivity index (χ3v) is 6.75. The topological polar surface area (TPSA) is 63.6 Å². The first kappa shape index (κ1) is 31.9. The van der Waals surface area contributed by atoms with Gasteiger partial charge in [0.05, 0.1) is 7.11 Å². The molecule has 0 amide bonds. The van der Waals surface area contributed by atoms with Gasteiger partial charge in [-0.1, -0.05) is 141 Å². The van der Waals surface area contributed by atoms with Crippen molar-refractivity contribution in [2.24, 2.45) is 0 Å². The van der Waals surface area contributed by atoms with Gasteiger partial charge in [-0.05, 0) is 12.8 Å². The van der Waals surface area contributed by atoms with E-state index in [0.29, 0.717) is 12.8 Å². The molecule has 0 radical (unpaired) electrons. The number of rotatable bonds is 27. The van der Waals surface area contributed by atoms with Crippen LogP contribution in [0.1, 0.15) is 167 Å². The normalized spacial score (nSPS) is 11.1. The number of carboxylic acids is 1. The van der Waals surface area contributed by atoms with Gasteiger partial charge in [0.2, 0.25) is 0 Å². The van der Waals surface area contributed by atoms with Gasteiger partial charge in [0, 0.05) is 12.8 Å². The van der Waals surface area contributed by atoms with E-state index in [4.69, 9.17) is 5.11 Å². The second kappa shape index (κ2) is 27.2. The second-order valence-corrected chi connectivity index (χ2v) is 9.96. The van der Waals surface area contributed by atoms with Gasteiger partial charge < -0.3 is 9.84 Å². The Hall–Kier alpha value is -1.06. The number of methoxy groups -OCH3 is 1. The summed E-state index contributed by atoms with van der Waals surface area (Å²) in [4.78, 5) is 21.5. The van der Waals surface area contributed by atoms with E-state index in [1.54, 1.807) is 0 Å². The van der Waals surface area contributed by atoms with E-state index in [2.05, 4.69) is 4.74 Å². The molecular formula is C29H56O4. The fraction of sp³-hybridized carbons (Fsp3) is 0.931. The number of ether oxygens (including phenoxy) is 1. The molecule has 0 aliphatic carbocycles. The highest BCUT2D eigenvalue weighted by molar-refractivity contribution is 5.69. The summed E-state index contributed by atoms with van der Waals surface area (Å²) in [6.45, 7) is 0. The minimum absolute atomic E-state index is 0.0721. The van der Waals surface area contributed by atoms with Gasteiger partial charge in [0.15, 0.2) is 0 Å². The molecule has 0 aromatic rings. The quantitative estimate of drug-likeness (QED) is 0.0963. The largest absolute Gasteiger partial charge is 0.481 e. The zero-order valence-corrected chi connectivity index (χ0v) is 22.1. The molecule has 1 N–H and O–H groups in total. The first-order valence-corrected chi connectivity index (χ1v) is 14.5. The van der Waals surface area contributed by atoms with E-state index in [0.717, 1.165) is 25.7 Å². The van der Waals surface area contributed by atoms with Crippen LogP contribution >= 0.6 is 0 Å². The number of hydrogen-bond donors (Lipinski definition) is 1. The van der Waals surface area contributed by atoms with Crippen molar-refractivity contribution < 1.29 is 19.4 Å². The standard InChI is InChI=1S/C29H56O4/c1-33-29(32)27-25-23-21-19-17-15-13-11-9-7-5-3-2-4-6-8-10-12-14-16-18-20-22-24-26-28(30)31/h2-27H2,1H3,(H,30,31). The summed E-state index contributed by atoms with van der Waals surface area (Å²) >= 11 is 0. The number of carboxylic acid groups (broad SMARTS) is 1. The minimum Gasteiger partial charge on any atom is -0.481 e. The van der Waals surface area contributed by atoms with E-state index in [-0.39, 0.29) is 5.97 Å². The van der Waals surface area contributed by atoms with Gasteiger partial charge in [-0.3, -0.25) is 9.59 Å². The van der Waals surface area contributed by atoms with Crippen LogP contribution in [-0.4, -0.2) is 24.2 Å². The Labute approximate surface area is 205 Å². The van der Waals surface area contributed by atoms with Crippen molar-refractivity contribution in [3.05, 3.63) is 0 Å². The molecule has 0 atom stereocenters. The van der Waals surface area contributed by atoms with Crippen LogP contribution in [0.4, 0.5) is 0 Å². The van der Waals surface area contributed by atoms with Crippen LogP contribution in [-0.2, 0) is 14.3 Å². The smallest absolute Gasteiger partial charge is 0.305 e. The van der Waals surface area contributed by atoms with Crippen molar-refractivity contribution in [2.75, 3.05) is 7.11 Å². The van der Waals surface area contributed by atoms with Gasteiger partial charge in [0.25, 0.3) is 0 Å². The Balaban J connectivity index is 3.04. The number of carbonyl (C=O) groups excluding carboxylic acids is 1. The number of unbranched alkanes of at least 4 members (excludes halogenated alkanes) is 23. The lowest BCUT2D eigenvalue weighted by atomic mass is 10.0.